The molecule has 0 spiro atoms. The molecule has 0 saturated carbocycles. The summed E-state index contributed by atoms with van der Waals surface area (Å²) in [6.07, 6.45) is 6.56. The number of carbonyl (C=O) groups is 1. The van der Waals surface area contributed by atoms with Gasteiger partial charge in [0.2, 0.25) is 0 Å². The second kappa shape index (κ2) is 4.99. The lowest BCUT2D eigenvalue weighted by molar-refractivity contribution is 0.0927. The fourth-order valence-corrected chi connectivity index (χ4v) is 1.92. The van der Waals surface area contributed by atoms with Crippen LogP contribution in [0.4, 0.5) is 4.39 Å². The number of hydrogen-bond acceptors (Lipinski definition) is 2. The van der Waals surface area contributed by atoms with Gasteiger partial charge >= 0.3 is 0 Å². The predicted octanol–water partition coefficient (Wildman–Crippen LogP) is 2.37. The van der Waals surface area contributed by atoms with Crippen molar-refractivity contribution < 1.29 is 14.3 Å². The minimum Gasteiger partial charge on any atom is -0.507 e. The molecule has 0 heterocycles. The van der Waals surface area contributed by atoms with Gasteiger partial charge in [0.15, 0.2) is 0 Å². The van der Waals surface area contributed by atoms with Gasteiger partial charge in [-0.3, -0.25) is 4.79 Å². The zero-order chi connectivity index (χ0) is 12.3. The predicted molar refractivity (Wildman–Crippen MR) is 62.3 cm³/mol. The highest BCUT2D eigenvalue weighted by molar-refractivity contribution is 5.97. The summed E-state index contributed by atoms with van der Waals surface area (Å²) >= 11 is 0. The van der Waals surface area contributed by atoms with Crippen molar-refractivity contribution in [1.29, 1.82) is 0 Å². The van der Waals surface area contributed by atoms with E-state index in [0.29, 0.717) is 0 Å². The van der Waals surface area contributed by atoms with Crippen molar-refractivity contribution in [2.75, 3.05) is 0 Å². The molecule has 0 bridgehead atoms. The number of rotatable bonds is 2. The fraction of sp³-hybridized carbons (Fsp3) is 0.308. The van der Waals surface area contributed by atoms with Crippen LogP contribution >= 0.6 is 0 Å². The Bertz CT molecular complexity index is 436. The Morgan fingerprint density at radius 1 is 1.41 bits per heavy atom. The van der Waals surface area contributed by atoms with E-state index in [4.69, 9.17) is 0 Å². The van der Waals surface area contributed by atoms with Gasteiger partial charge < -0.3 is 10.4 Å². The van der Waals surface area contributed by atoms with Gasteiger partial charge in [-0.15, -0.1) is 0 Å². The zero-order valence-corrected chi connectivity index (χ0v) is 9.32. The van der Waals surface area contributed by atoms with Gasteiger partial charge in [-0.25, -0.2) is 4.39 Å². The third-order valence-corrected chi connectivity index (χ3v) is 2.82. The number of carbonyl (C=O) groups excluding carboxylic acids is 1. The minimum atomic E-state index is -0.700. The lowest BCUT2D eigenvalue weighted by Gasteiger charge is -2.19. The third kappa shape index (κ3) is 2.64. The molecule has 1 aromatic rings. The molecule has 4 heteroatoms. The zero-order valence-electron chi connectivity index (χ0n) is 9.32. The number of phenols is 1. The Hall–Kier alpha value is -1.84. The summed E-state index contributed by atoms with van der Waals surface area (Å²) in [7, 11) is 0. The number of benzene rings is 1. The SMILES string of the molecule is O=C(NC1CC=CCC1)c1c(O)cccc1F. The van der Waals surface area contributed by atoms with Gasteiger partial charge in [0, 0.05) is 6.04 Å². The molecule has 17 heavy (non-hydrogen) atoms. The minimum absolute atomic E-state index is 0.0199. The van der Waals surface area contributed by atoms with Crippen molar-refractivity contribution in [3.63, 3.8) is 0 Å². The molecule has 0 aromatic heterocycles. The van der Waals surface area contributed by atoms with E-state index in [2.05, 4.69) is 11.4 Å². The smallest absolute Gasteiger partial charge is 0.258 e. The molecule has 2 rings (SSSR count). The van der Waals surface area contributed by atoms with Crippen molar-refractivity contribution in [1.82, 2.24) is 5.32 Å². The highest BCUT2D eigenvalue weighted by Crippen LogP contribution is 2.20. The van der Waals surface area contributed by atoms with Gasteiger partial charge in [-0.05, 0) is 31.4 Å². The molecule has 1 aliphatic rings. The van der Waals surface area contributed by atoms with Crippen LogP contribution in [0.3, 0.4) is 0 Å². The van der Waals surface area contributed by atoms with Crippen LogP contribution in [0.2, 0.25) is 0 Å². The maximum atomic E-state index is 13.4. The van der Waals surface area contributed by atoms with E-state index in [1.165, 1.54) is 12.1 Å². The van der Waals surface area contributed by atoms with Gasteiger partial charge in [0.1, 0.15) is 17.1 Å². The van der Waals surface area contributed by atoms with Crippen LogP contribution in [0.25, 0.3) is 0 Å². The molecule has 0 radical (unpaired) electrons. The molecular formula is C13H14FNO2. The lowest BCUT2D eigenvalue weighted by atomic mass is 10.0. The topological polar surface area (TPSA) is 49.3 Å². The van der Waals surface area contributed by atoms with Crippen LogP contribution in [0.5, 0.6) is 5.75 Å². The molecule has 0 aliphatic heterocycles. The summed E-state index contributed by atoms with van der Waals surface area (Å²) in [4.78, 5) is 11.8. The highest BCUT2D eigenvalue weighted by atomic mass is 19.1. The number of nitrogens with one attached hydrogen (secondary N) is 1. The van der Waals surface area contributed by atoms with E-state index in [1.54, 1.807) is 0 Å². The van der Waals surface area contributed by atoms with Crippen LogP contribution in [-0.4, -0.2) is 17.1 Å². The van der Waals surface area contributed by atoms with Crippen molar-refractivity contribution in [3.8, 4) is 5.75 Å². The lowest BCUT2D eigenvalue weighted by Crippen LogP contribution is -2.35. The summed E-state index contributed by atoms with van der Waals surface area (Å²) in [6, 6.07) is 3.85. The van der Waals surface area contributed by atoms with Crippen LogP contribution in [0.15, 0.2) is 30.4 Å². The number of halogens is 1. The Labute approximate surface area is 99.0 Å². The molecule has 90 valence electrons. The number of phenolic OH excluding ortho intramolecular Hbond substituents is 1. The Kier molecular flexibility index (Phi) is 3.42. The Morgan fingerprint density at radius 3 is 2.88 bits per heavy atom. The molecule has 1 atom stereocenters. The fourth-order valence-electron chi connectivity index (χ4n) is 1.92. The van der Waals surface area contributed by atoms with Gasteiger partial charge in [-0.1, -0.05) is 18.2 Å². The van der Waals surface area contributed by atoms with E-state index in [-0.39, 0.29) is 17.4 Å². The maximum absolute atomic E-state index is 13.4. The molecule has 0 saturated heterocycles. The average Bonchev–Trinajstić information content (AvgIpc) is 2.30. The molecule has 1 unspecified atom stereocenters. The van der Waals surface area contributed by atoms with Crippen molar-refractivity contribution in [2.45, 2.75) is 25.3 Å². The van der Waals surface area contributed by atoms with Gasteiger partial charge in [0.25, 0.3) is 5.91 Å². The van der Waals surface area contributed by atoms with Crippen LogP contribution in [0.1, 0.15) is 29.6 Å². The maximum Gasteiger partial charge on any atom is 0.258 e. The first kappa shape index (κ1) is 11.6. The molecule has 1 aliphatic carbocycles. The number of allylic oxidation sites excluding steroid dienone is 1. The van der Waals surface area contributed by atoms with E-state index in [9.17, 15) is 14.3 Å². The average molecular weight is 235 g/mol. The third-order valence-electron chi connectivity index (χ3n) is 2.82. The molecule has 3 nitrogen and oxygen atoms in total. The first-order chi connectivity index (χ1) is 8.18. The number of hydrogen-bond donors (Lipinski definition) is 2. The summed E-state index contributed by atoms with van der Waals surface area (Å²) < 4.78 is 13.4. The van der Waals surface area contributed by atoms with E-state index >= 15 is 0 Å². The van der Waals surface area contributed by atoms with Gasteiger partial charge in [-0.2, -0.15) is 0 Å². The normalized spacial score (nSPS) is 19.0. The van der Waals surface area contributed by atoms with Crippen LogP contribution in [-0.2, 0) is 0 Å². The summed E-state index contributed by atoms with van der Waals surface area (Å²) in [5.41, 5.74) is -0.276. The first-order valence-electron chi connectivity index (χ1n) is 5.62. The van der Waals surface area contributed by atoms with E-state index < -0.39 is 11.7 Å². The molecule has 0 fully saturated rings. The van der Waals surface area contributed by atoms with Crippen LogP contribution in [0, 0.1) is 5.82 Å². The second-order valence-electron chi connectivity index (χ2n) is 4.09. The monoisotopic (exact) mass is 235 g/mol. The van der Waals surface area contributed by atoms with E-state index in [1.807, 2.05) is 6.08 Å². The number of amides is 1. The Balaban J connectivity index is 2.11. The largest absolute Gasteiger partial charge is 0.507 e. The quantitative estimate of drug-likeness (QED) is 0.773. The van der Waals surface area contributed by atoms with E-state index in [0.717, 1.165) is 25.3 Å². The van der Waals surface area contributed by atoms with Crippen LogP contribution < -0.4 is 5.32 Å². The number of aromatic hydroxyl groups is 1. The summed E-state index contributed by atoms with van der Waals surface area (Å²) in [6.45, 7) is 0. The summed E-state index contributed by atoms with van der Waals surface area (Å²) in [5.74, 6) is -1.58. The standard InChI is InChI=1S/C13H14FNO2/c14-10-7-4-8-11(16)12(10)13(17)15-9-5-2-1-3-6-9/h1-2,4,7-9,16H,3,5-6H2,(H,15,17). The molecule has 1 aromatic carbocycles. The highest BCUT2D eigenvalue weighted by Gasteiger charge is 2.19. The van der Waals surface area contributed by atoms with Crippen molar-refractivity contribution >= 4 is 5.91 Å². The second-order valence-corrected chi connectivity index (χ2v) is 4.09. The molecular weight excluding hydrogens is 221 g/mol. The van der Waals surface area contributed by atoms with Crippen molar-refractivity contribution in [3.05, 3.63) is 41.7 Å². The Morgan fingerprint density at radius 2 is 2.24 bits per heavy atom. The van der Waals surface area contributed by atoms with Crippen molar-refractivity contribution in [2.24, 2.45) is 0 Å². The first-order valence-corrected chi connectivity index (χ1v) is 5.62. The van der Waals surface area contributed by atoms with Gasteiger partial charge in [0.05, 0.1) is 0 Å². The summed E-state index contributed by atoms with van der Waals surface area (Å²) in [5, 5.41) is 12.2. The molecule has 1 amide bonds. The molecule has 2 N–H and O–H groups in total.